The number of aromatic nitrogens is 1. The van der Waals surface area contributed by atoms with E-state index in [0.717, 1.165) is 19.4 Å². The number of halogens is 1. The maximum atomic E-state index is 12.4. The monoisotopic (exact) mass is 311 g/mol. The number of hydrogen-bond donors (Lipinski definition) is 2. The molecule has 1 aliphatic heterocycles. The molecule has 1 aliphatic rings. The second-order valence-electron chi connectivity index (χ2n) is 5.87. The van der Waals surface area contributed by atoms with Crippen molar-refractivity contribution in [1.82, 2.24) is 10.3 Å². The van der Waals surface area contributed by atoms with E-state index in [-0.39, 0.29) is 17.6 Å². The number of amides is 1. The van der Waals surface area contributed by atoms with E-state index in [1.165, 1.54) is 0 Å². The van der Waals surface area contributed by atoms with Gasteiger partial charge in [0.15, 0.2) is 0 Å². The van der Waals surface area contributed by atoms with E-state index in [9.17, 15) is 4.79 Å². The molecule has 0 aliphatic carbocycles. The van der Waals surface area contributed by atoms with Crippen LogP contribution in [0, 0.1) is 0 Å². The molecule has 2 N–H and O–H groups in total. The van der Waals surface area contributed by atoms with Gasteiger partial charge in [-0.1, -0.05) is 11.6 Å². The Hall–Kier alpha value is -1.33. The Bertz CT molecular complexity index is 520. The van der Waals surface area contributed by atoms with Crippen molar-refractivity contribution in [2.45, 2.75) is 45.3 Å². The standard InChI is InChI=1S/C15H22ClN3O2/c1-4-17-13-8-10(7-12(16)19-13)14(20)18-11-5-6-21-15(2,3)9-11/h7-8,11H,4-6,9H2,1-3H3,(H,17,19)(H,18,20). The Kier molecular flexibility index (Phi) is 5.06. The lowest BCUT2D eigenvalue weighted by molar-refractivity contribution is -0.0615. The Morgan fingerprint density at radius 3 is 2.95 bits per heavy atom. The van der Waals surface area contributed by atoms with Crippen LogP contribution in [0.1, 0.15) is 44.0 Å². The lowest BCUT2D eigenvalue weighted by Crippen LogP contribution is -2.45. The van der Waals surface area contributed by atoms with E-state index >= 15 is 0 Å². The fourth-order valence-corrected chi connectivity index (χ4v) is 2.73. The zero-order valence-corrected chi connectivity index (χ0v) is 13.5. The molecule has 1 saturated heterocycles. The van der Waals surface area contributed by atoms with Gasteiger partial charge in [-0.3, -0.25) is 4.79 Å². The van der Waals surface area contributed by atoms with Crippen molar-refractivity contribution >= 4 is 23.3 Å². The third-order valence-electron chi connectivity index (χ3n) is 3.45. The summed E-state index contributed by atoms with van der Waals surface area (Å²) in [7, 11) is 0. The Morgan fingerprint density at radius 2 is 2.29 bits per heavy atom. The van der Waals surface area contributed by atoms with Crippen molar-refractivity contribution in [1.29, 1.82) is 0 Å². The summed E-state index contributed by atoms with van der Waals surface area (Å²) in [5, 5.41) is 6.43. The minimum Gasteiger partial charge on any atom is -0.375 e. The molecule has 1 aromatic rings. The molecule has 0 aromatic carbocycles. The largest absolute Gasteiger partial charge is 0.375 e. The number of nitrogens with zero attached hydrogens (tertiary/aromatic N) is 1. The molecule has 2 heterocycles. The van der Waals surface area contributed by atoms with E-state index in [0.29, 0.717) is 23.1 Å². The molecular weight excluding hydrogens is 290 g/mol. The summed E-state index contributed by atoms with van der Waals surface area (Å²) in [6.07, 6.45) is 1.63. The van der Waals surface area contributed by atoms with Crippen molar-refractivity contribution in [3.8, 4) is 0 Å². The number of nitrogens with one attached hydrogen (secondary N) is 2. The summed E-state index contributed by atoms with van der Waals surface area (Å²) >= 11 is 5.97. The lowest BCUT2D eigenvalue weighted by atomic mass is 9.94. The molecule has 0 bridgehead atoms. The van der Waals surface area contributed by atoms with Gasteiger partial charge in [-0.15, -0.1) is 0 Å². The Labute approximate surface area is 130 Å². The topological polar surface area (TPSA) is 63.2 Å². The number of carbonyl (C=O) groups excluding carboxylic acids is 1. The summed E-state index contributed by atoms with van der Waals surface area (Å²) in [5.41, 5.74) is 0.330. The molecule has 5 nitrogen and oxygen atoms in total. The third-order valence-corrected chi connectivity index (χ3v) is 3.64. The minimum atomic E-state index is -0.193. The fraction of sp³-hybridized carbons (Fsp3) is 0.600. The fourth-order valence-electron chi connectivity index (χ4n) is 2.52. The van der Waals surface area contributed by atoms with E-state index in [4.69, 9.17) is 16.3 Å². The highest BCUT2D eigenvalue weighted by atomic mass is 35.5. The molecule has 1 fully saturated rings. The summed E-state index contributed by atoms with van der Waals surface area (Å²) in [4.78, 5) is 16.5. The number of anilines is 1. The maximum Gasteiger partial charge on any atom is 0.251 e. The van der Waals surface area contributed by atoms with E-state index in [1.807, 2.05) is 20.8 Å². The van der Waals surface area contributed by atoms with E-state index in [2.05, 4.69) is 15.6 Å². The van der Waals surface area contributed by atoms with Crippen molar-refractivity contribution < 1.29 is 9.53 Å². The highest BCUT2D eigenvalue weighted by Crippen LogP contribution is 2.24. The van der Waals surface area contributed by atoms with Crippen molar-refractivity contribution in [3.05, 3.63) is 22.8 Å². The number of carbonyl (C=O) groups is 1. The first-order chi connectivity index (χ1) is 9.89. The predicted octanol–water partition coefficient (Wildman–Crippen LogP) is 2.85. The molecule has 0 saturated carbocycles. The molecule has 1 aromatic heterocycles. The van der Waals surface area contributed by atoms with Crippen LogP contribution in [0.3, 0.4) is 0 Å². The van der Waals surface area contributed by atoms with Crippen LogP contribution in [0.5, 0.6) is 0 Å². The van der Waals surface area contributed by atoms with Gasteiger partial charge in [-0.05, 0) is 45.7 Å². The number of pyridine rings is 1. The SMILES string of the molecule is CCNc1cc(C(=O)NC2CCOC(C)(C)C2)cc(Cl)n1. The summed E-state index contributed by atoms with van der Waals surface area (Å²) in [5.74, 6) is 0.489. The second-order valence-corrected chi connectivity index (χ2v) is 6.25. The second kappa shape index (κ2) is 6.62. The first-order valence-electron chi connectivity index (χ1n) is 7.26. The van der Waals surface area contributed by atoms with E-state index in [1.54, 1.807) is 12.1 Å². The zero-order chi connectivity index (χ0) is 15.5. The molecule has 116 valence electrons. The van der Waals surface area contributed by atoms with Crippen LogP contribution in [0.15, 0.2) is 12.1 Å². The number of hydrogen-bond acceptors (Lipinski definition) is 4. The van der Waals surface area contributed by atoms with Crippen LogP contribution >= 0.6 is 11.6 Å². The van der Waals surface area contributed by atoms with Crippen LogP contribution in [0.4, 0.5) is 5.82 Å². The van der Waals surface area contributed by atoms with Gasteiger partial charge in [0.1, 0.15) is 11.0 Å². The summed E-state index contributed by atoms with van der Waals surface area (Å²) in [6.45, 7) is 7.43. The van der Waals surface area contributed by atoms with Gasteiger partial charge in [0.25, 0.3) is 5.91 Å². The third kappa shape index (κ3) is 4.58. The van der Waals surface area contributed by atoms with Crippen LogP contribution in [0.25, 0.3) is 0 Å². The normalized spacial score (nSPS) is 20.9. The first-order valence-corrected chi connectivity index (χ1v) is 7.64. The zero-order valence-electron chi connectivity index (χ0n) is 12.7. The van der Waals surface area contributed by atoms with Crippen LogP contribution in [0.2, 0.25) is 5.15 Å². The predicted molar refractivity (Wildman–Crippen MR) is 83.9 cm³/mol. The lowest BCUT2D eigenvalue weighted by Gasteiger charge is -2.35. The molecule has 2 rings (SSSR count). The molecule has 1 unspecified atom stereocenters. The molecular formula is C15H22ClN3O2. The first kappa shape index (κ1) is 16.0. The minimum absolute atomic E-state index is 0.121. The van der Waals surface area contributed by atoms with Gasteiger partial charge in [-0.25, -0.2) is 4.98 Å². The average molecular weight is 312 g/mol. The molecule has 1 atom stereocenters. The van der Waals surface area contributed by atoms with Crippen molar-refractivity contribution in [3.63, 3.8) is 0 Å². The highest BCUT2D eigenvalue weighted by Gasteiger charge is 2.29. The number of ether oxygens (including phenoxy) is 1. The number of rotatable bonds is 4. The van der Waals surface area contributed by atoms with Crippen molar-refractivity contribution in [2.75, 3.05) is 18.5 Å². The molecule has 0 radical (unpaired) electrons. The van der Waals surface area contributed by atoms with Crippen LogP contribution in [-0.4, -0.2) is 35.7 Å². The van der Waals surface area contributed by atoms with E-state index < -0.39 is 0 Å². The molecule has 21 heavy (non-hydrogen) atoms. The highest BCUT2D eigenvalue weighted by molar-refractivity contribution is 6.29. The van der Waals surface area contributed by atoms with Gasteiger partial charge < -0.3 is 15.4 Å². The molecule has 0 spiro atoms. The van der Waals surface area contributed by atoms with Crippen LogP contribution in [-0.2, 0) is 4.74 Å². The van der Waals surface area contributed by atoms with Gasteiger partial charge >= 0.3 is 0 Å². The quantitative estimate of drug-likeness (QED) is 0.839. The van der Waals surface area contributed by atoms with Gasteiger partial charge in [0, 0.05) is 24.8 Å². The maximum absolute atomic E-state index is 12.4. The smallest absolute Gasteiger partial charge is 0.251 e. The van der Waals surface area contributed by atoms with Crippen LogP contribution < -0.4 is 10.6 Å². The molecule has 1 amide bonds. The summed E-state index contributed by atoms with van der Waals surface area (Å²) in [6, 6.07) is 3.42. The Morgan fingerprint density at radius 1 is 1.52 bits per heavy atom. The average Bonchev–Trinajstić information content (AvgIpc) is 2.37. The summed E-state index contributed by atoms with van der Waals surface area (Å²) < 4.78 is 5.66. The Balaban J connectivity index is 2.06. The van der Waals surface area contributed by atoms with Crippen molar-refractivity contribution in [2.24, 2.45) is 0 Å². The van der Waals surface area contributed by atoms with Gasteiger partial charge in [0.2, 0.25) is 0 Å². The van der Waals surface area contributed by atoms with Gasteiger partial charge in [0.05, 0.1) is 5.60 Å². The van der Waals surface area contributed by atoms with Gasteiger partial charge in [-0.2, -0.15) is 0 Å². The molecule has 6 heteroatoms.